The lowest BCUT2D eigenvalue weighted by Gasteiger charge is -2.49. The lowest BCUT2D eigenvalue weighted by atomic mass is 9.53. The van der Waals surface area contributed by atoms with Crippen LogP contribution in [0.1, 0.15) is 35.1 Å². The molecule has 2 N–H and O–H groups in total. The van der Waals surface area contributed by atoms with Crippen LogP contribution >= 0.6 is 45.8 Å². The van der Waals surface area contributed by atoms with E-state index >= 15 is 4.79 Å². The number of nitrogens with zero attached hydrogens (tertiary/aromatic N) is 5. The number of hydrazine groups is 1. The monoisotopic (exact) mass is 842 g/mol. The number of amides is 2. The van der Waals surface area contributed by atoms with E-state index in [1.807, 2.05) is 22.6 Å². The van der Waals surface area contributed by atoms with E-state index in [9.17, 15) is 32.7 Å². The number of ether oxygens (including phenoxy) is 1. The zero-order valence-electron chi connectivity index (χ0n) is 25.8. The number of hydrogen-bond acceptors (Lipinski definition) is 8. The highest BCUT2D eigenvalue weighted by Gasteiger charge is 2.69. The second-order valence-electron chi connectivity index (χ2n) is 12.1. The van der Waals surface area contributed by atoms with E-state index in [2.05, 4.69) is 10.4 Å². The Morgan fingerprint density at radius 2 is 1.78 bits per heavy atom. The molecule has 1 saturated carbocycles. The molecule has 2 aromatic heterocycles. The number of aromatic hydroxyl groups is 1. The van der Waals surface area contributed by atoms with Gasteiger partial charge in [0.2, 0.25) is 0 Å². The smallest absolute Gasteiger partial charge is 0.417 e. The first kappa shape index (κ1) is 34.2. The Morgan fingerprint density at radius 1 is 1.08 bits per heavy atom. The zero-order valence-corrected chi connectivity index (χ0v) is 29.5. The number of pyridine rings is 1. The van der Waals surface area contributed by atoms with Crippen LogP contribution in [0.5, 0.6) is 11.5 Å². The van der Waals surface area contributed by atoms with Crippen molar-refractivity contribution in [1.29, 1.82) is 0 Å². The van der Waals surface area contributed by atoms with E-state index in [-0.39, 0.29) is 30.3 Å². The maximum absolute atomic E-state index is 15.2. The summed E-state index contributed by atoms with van der Waals surface area (Å²) in [6, 6.07) is 9.25. The molecule has 7 rings (SSSR count). The van der Waals surface area contributed by atoms with Crippen molar-refractivity contribution in [3.05, 3.63) is 112 Å². The van der Waals surface area contributed by atoms with Crippen molar-refractivity contribution in [1.82, 2.24) is 23.9 Å². The Morgan fingerprint density at radius 3 is 2.42 bits per heavy atom. The molecule has 2 aliphatic heterocycles. The molecule has 50 heavy (non-hydrogen) atoms. The van der Waals surface area contributed by atoms with Crippen molar-refractivity contribution >= 4 is 63.4 Å². The Kier molecular flexibility index (Phi) is 8.14. The van der Waals surface area contributed by atoms with Crippen LogP contribution < -0.4 is 21.5 Å². The Labute approximate surface area is 303 Å². The molecule has 0 spiro atoms. The topological polar surface area (TPSA) is 141 Å². The SMILES string of the molecule is COc1cc([C@H]2C3=CCn4c(=O)n(C)c(=O)n4[C@@H]3C[C@H]3C(=O)N(Nc4ncc(C(F)(F)F)cc4Cl)C(=O)[C@@]23c2ccc(Cl)cc2)cc(I)c1O. The summed E-state index contributed by atoms with van der Waals surface area (Å²) in [5.74, 6) is -4.28. The summed E-state index contributed by atoms with van der Waals surface area (Å²) in [5.41, 5.74) is -0.174. The largest absolute Gasteiger partial charge is 0.504 e. The summed E-state index contributed by atoms with van der Waals surface area (Å²) in [6.07, 6.45) is -2.61. The minimum atomic E-state index is -4.75. The van der Waals surface area contributed by atoms with Crippen LogP contribution in [0.15, 0.2) is 69.9 Å². The van der Waals surface area contributed by atoms with E-state index in [4.69, 9.17) is 27.9 Å². The van der Waals surface area contributed by atoms with Crippen molar-refractivity contribution in [2.24, 2.45) is 13.0 Å². The molecular formula is C32H24Cl2F3IN6O6. The maximum Gasteiger partial charge on any atom is 0.417 e. The molecule has 0 unspecified atom stereocenters. The molecule has 0 bridgehead atoms. The zero-order chi connectivity index (χ0) is 36.0. The summed E-state index contributed by atoms with van der Waals surface area (Å²) in [4.78, 5) is 60.1. The molecule has 1 aliphatic carbocycles. The second-order valence-corrected chi connectivity index (χ2v) is 14.1. The van der Waals surface area contributed by atoms with Crippen LogP contribution in [0.25, 0.3) is 0 Å². The highest BCUT2D eigenvalue weighted by atomic mass is 127. The first-order chi connectivity index (χ1) is 23.6. The third-order valence-corrected chi connectivity index (χ3v) is 11.0. The van der Waals surface area contributed by atoms with E-state index in [0.29, 0.717) is 42.6 Å². The number of carbonyl (C=O) groups excluding carboxylic acids is 2. The van der Waals surface area contributed by atoms with Crippen LogP contribution in [0.4, 0.5) is 19.0 Å². The number of alkyl halides is 3. The standard InChI is InChI=1S/C32H24Cl2F3IN6O6/c1-41-29(48)42-8-7-18-22(44(42)30(41)49)12-19-27(46)43(40-26-20(34)11-16(13-39-26)32(35,36)37)28(47)31(19,15-3-5-17(33)6-4-15)24(18)14-9-21(38)25(45)23(10-14)50-2/h3-7,9-11,13,19,22,24,45H,8,12H2,1-2H3,(H,39,40)/t19-,22+,24-,31+/m0/s1. The summed E-state index contributed by atoms with van der Waals surface area (Å²) < 4.78 is 49.5. The third kappa shape index (κ3) is 4.89. The summed E-state index contributed by atoms with van der Waals surface area (Å²) in [5, 5.41) is 11.3. The first-order valence-corrected chi connectivity index (χ1v) is 16.7. The Bertz CT molecular complexity index is 2270. The molecule has 4 aromatic rings. The fourth-order valence-electron chi connectivity index (χ4n) is 7.44. The number of methoxy groups -OCH3 is 1. The molecular weight excluding hydrogens is 819 g/mol. The van der Waals surface area contributed by atoms with E-state index in [0.717, 1.165) is 4.57 Å². The molecule has 2 amide bonds. The van der Waals surface area contributed by atoms with Gasteiger partial charge in [-0.2, -0.15) is 18.2 Å². The predicted molar refractivity (Wildman–Crippen MR) is 182 cm³/mol. The molecule has 2 aromatic carbocycles. The van der Waals surface area contributed by atoms with Crippen molar-refractivity contribution in [2.45, 2.75) is 36.5 Å². The van der Waals surface area contributed by atoms with Gasteiger partial charge in [-0.15, -0.1) is 0 Å². The summed E-state index contributed by atoms with van der Waals surface area (Å²) >= 11 is 14.4. The minimum absolute atomic E-state index is 0.0277. The number of aromatic nitrogens is 4. The summed E-state index contributed by atoms with van der Waals surface area (Å²) in [7, 11) is 2.69. The average Bonchev–Trinajstić information content (AvgIpc) is 3.43. The van der Waals surface area contributed by atoms with Crippen molar-refractivity contribution in [2.75, 3.05) is 12.5 Å². The van der Waals surface area contributed by atoms with E-state index < -0.39 is 63.2 Å². The molecule has 12 nitrogen and oxygen atoms in total. The van der Waals surface area contributed by atoms with Crippen LogP contribution in [0.3, 0.4) is 0 Å². The van der Waals surface area contributed by atoms with Gasteiger partial charge in [-0.1, -0.05) is 41.4 Å². The number of fused-ring (bicyclic) bond motifs is 4. The number of phenolic OH excluding ortho intramolecular Hbond substituents is 1. The van der Waals surface area contributed by atoms with Gasteiger partial charge in [0.15, 0.2) is 17.3 Å². The molecule has 2 fully saturated rings. The van der Waals surface area contributed by atoms with Crippen molar-refractivity contribution in [3.8, 4) is 11.5 Å². The molecule has 1 saturated heterocycles. The average molecular weight is 843 g/mol. The van der Waals surface area contributed by atoms with Gasteiger partial charge in [-0.05, 0) is 76.0 Å². The second kappa shape index (κ2) is 11.9. The van der Waals surface area contributed by atoms with E-state index in [1.165, 1.54) is 29.6 Å². The fourth-order valence-corrected chi connectivity index (χ4v) is 8.40. The number of allylic oxidation sites excluding steroid dienone is 2. The lowest BCUT2D eigenvalue weighted by Crippen LogP contribution is -2.53. The number of imide groups is 1. The number of carbonyl (C=O) groups is 2. The highest BCUT2D eigenvalue weighted by molar-refractivity contribution is 14.1. The molecule has 4 atom stereocenters. The number of rotatable bonds is 5. The van der Waals surface area contributed by atoms with Gasteiger partial charge < -0.3 is 9.84 Å². The third-order valence-electron chi connectivity index (χ3n) is 9.62. The van der Waals surface area contributed by atoms with Crippen LogP contribution in [0.2, 0.25) is 10.0 Å². The van der Waals surface area contributed by atoms with Gasteiger partial charge in [-0.25, -0.2) is 28.5 Å². The molecule has 18 heteroatoms. The van der Waals surface area contributed by atoms with Crippen LogP contribution in [-0.2, 0) is 34.8 Å². The van der Waals surface area contributed by atoms with Gasteiger partial charge in [0.1, 0.15) is 0 Å². The van der Waals surface area contributed by atoms with Gasteiger partial charge in [-0.3, -0.25) is 15.0 Å². The normalized spacial score (nSPS) is 22.9. The quantitative estimate of drug-likeness (QED) is 0.163. The minimum Gasteiger partial charge on any atom is -0.504 e. The van der Waals surface area contributed by atoms with Gasteiger partial charge >= 0.3 is 17.6 Å². The van der Waals surface area contributed by atoms with Gasteiger partial charge in [0.05, 0.1) is 45.2 Å². The highest BCUT2D eigenvalue weighted by Crippen LogP contribution is 2.62. The molecule has 4 heterocycles. The van der Waals surface area contributed by atoms with Crippen LogP contribution in [-0.4, -0.2) is 48.0 Å². The fraction of sp³-hybridized carbons (Fsp3) is 0.281. The summed E-state index contributed by atoms with van der Waals surface area (Å²) in [6.45, 7) is -0.0277. The van der Waals surface area contributed by atoms with Crippen molar-refractivity contribution in [3.63, 3.8) is 0 Å². The maximum atomic E-state index is 15.2. The Balaban J connectivity index is 1.50. The van der Waals surface area contributed by atoms with Gasteiger partial charge in [0, 0.05) is 24.2 Å². The molecule has 260 valence electrons. The van der Waals surface area contributed by atoms with Crippen molar-refractivity contribution < 1.29 is 32.6 Å². The molecule has 3 aliphatic rings. The predicted octanol–water partition coefficient (Wildman–Crippen LogP) is 5.01. The van der Waals surface area contributed by atoms with Gasteiger partial charge in [0.25, 0.3) is 11.8 Å². The number of hydrogen-bond donors (Lipinski definition) is 2. The Hall–Kier alpha value is -4.29. The van der Waals surface area contributed by atoms with E-state index in [1.54, 1.807) is 36.4 Å². The number of halogens is 6. The lowest BCUT2D eigenvalue weighted by molar-refractivity contribution is -0.139. The number of anilines is 1. The number of nitrogens with one attached hydrogen (secondary N) is 1. The first-order valence-electron chi connectivity index (χ1n) is 14.9. The number of phenols is 1. The molecule has 0 radical (unpaired) electrons. The van der Waals surface area contributed by atoms with Crippen LogP contribution in [0, 0.1) is 9.49 Å². The number of benzene rings is 2.